The van der Waals surface area contributed by atoms with E-state index in [2.05, 4.69) is 29.1 Å². The summed E-state index contributed by atoms with van der Waals surface area (Å²) in [5.74, 6) is -1.31. The monoisotopic (exact) mass is 451 g/mol. The summed E-state index contributed by atoms with van der Waals surface area (Å²) in [5, 5.41) is 2.56. The summed E-state index contributed by atoms with van der Waals surface area (Å²) in [6.45, 7) is 4.77. The van der Waals surface area contributed by atoms with Crippen molar-refractivity contribution in [3.8, 4) is 0 Å². The predicted molar refractivity (Wildman–Crippen MR) is 123 cm³/mol. The van der Waals surface area contributed by atoms with Crippen molar-refractivity contribution in [3.05, 3.63) is 53.3 Å². The van der Waals surface area contributed by atoms with Crippen molar-refractivity contribution in [2.24, 2.45) is 17.6 Å². The van der Waals surface area contributed by atoms with Crippen LogP contribution in [0.5, 0.6) is 0 Å². The number of carbonyl (C=O) groups excluding carboxylic acids is 3. The number of hydrogen-bond acceptors (Lipinski definition) is 6. The Bertz CT molecular complexity index is 1180. The maximum atomic E-state index is 13.2. The van der Waals surface area contributed by atoms with Crippen LogP contribution in [0.2, 0.25) is 0 Å². The van der Waals surface area contributed by atoms with E-state index in [9.17, 15) is 14.4 Å². The van der Waals surface area contributed by atoms with E-state index in [4.69, 9.17) is 5.73 Å². The van der Waals surface area contributed by atoms with Crippen LogP contribution in [0.15, 0.2) is 42.2 Å². The van der Waals surface area contributed by atoms with Gasteiger partial charge < -0.3 is 16.0 Å². The lowest BCUT2D eigenvalue weighted by molar-refractivity contribution is -0.147. The van der Waals surface area contributed by atoms with Crippen LogP contribution in [-0.4, -0.2) is 39.1 Å². The number of primary amides is 1. The predicted octanol–water partition coefficient (Wildman–Crippen LogP) is 3.36. The molecule has 3 amide bonds. The number of nitrogens with two attached hydrogens (primary N) is 1. The minimum absolute atomic E-state index is 0.155. The van der Waals surface area contributed by atoms with E-state index >= 15 is 0 Å². The van der Waals surface area contributed by atoms with Crippen LogP contribution < -0.4 is 11.1 Å². The zero-order valence-electron chi connectivity index (χ0n) is 17.9. The summed E-state index contributed by atoms with van der Waals surface area (Å²) in [4.78, 5) is 47.4. The van der Waals surface area contributed by atoms with E-state index in [0.717, 1.165) is 28.6 Å². The Morgan fingerprint density at radius 2 is 2.06 bits per heavy atom. The Kier molecular flexibility index (Phi) is 6.18. The number of benzene rings is 1. The average Bonchev–Trinajstić information content (AvgIpc) is 3.26. The fourth-order valence-electron chi connectivity index (χ4n) is 4.38. The number of likely N-dealkylation sites (tertiary alicyclic amines) is 1. The molecule has 0 radical (unpaired) electrons. The number of nitrogens with one attached hydrogen (secondary N) is 1. The van der Waals surface area contributed by atoms with Gasteiger partial charge in [-0.2, -0.15) is 0 Å². The topological polar surface area (TPSA) is 118 Å². The fourth-order valence-corrected chi connectivity index (χ4v) is 5.04. The Balaban J connectivity index is 1.60. The van der Waals surface area contributed by atoms with Crippen molar-refractivity contribution >= 4 is 45.0 Å². The highest BCUT2D eigenvalue weighted by Crippen LogP contribution is 2.39. The molecule has 0 bridgehead atoms. The number of pyridine rings is 1. The molecule has 9 heteroatoms. The quantitative estimate of drug-likeness (QED) is 0.590. The van der Waals surface area contributed by atoms with E-state index < -0.39 is 17.7 Å². The number of anilines is 1. The minimum atomic E-state index is -0.768. The Morgan fingerprint density at radius 3 is 2.81 bits per heavy atom. The number of rotatable bonds is 4. The van der Waals surface area contributed by atoms with Gasteiger partial charge in [0.2, 0.25) is 5.91 Å². The molecule has 1 aromatic carbocycles. The van der Waals surface area contributed by atoms with Crippen molar-refractivity contribution in [2.75, 3.05) is 11.9 Å². The van der Waals surface area contributed by atoms with Gasteiger partial charge in [-0.1, -0.05) is 26.3 Å². The average molecular weight is 452 g/mol. The number of carbonyl (C=O) groups is 3. The molecule has 32 heavy (non-hydrogen) atoms. The molecule has 1 fully saturated rings. The molecule has 0 saturated carbocycles. The highest BCUT2D eigenvalue weighted by atomic mass is 32.1. The van der Waals surface area contributed by atoms with Gasteiger partial charge in [-0.15, -0.1) is 11.3 Å². The maximum absolute atomic E-state index is 13.2. The summed E-state index contributed by atoms with van der Waals surface area (Å²) in [7, 11) is 0. The van der Waals surface area contributed by atoms with Crippen LogP contribution in [0.25, 0.3) is 10.2 Å². The number of hydrogen-bond donors (Lipinski definition) is 2. The van der Waals surface area contributed by atoms with Crippen molar-refractivity contribution in [3.63, 3.8) is 0 Å². The fraction of sp³-hybridized carbons (Fsp3) is 0.348. The van der Waals surface area contributed by atoms with Gasteiger partial charge in [-0.05, 0) is 42.0 Å². The first kappa shape index (κ1) is 21.9. The van der Waals surface area contributed by atoms with E-state index in [1.54, 1.807) is 21.7 Å². The van der Waals surface area contributed by atoms with Crippen LogP contribution in [0.4, 0.5) is 5.69 Å². The number of amides is 3. The molecule has 1 aliphatic heterocycles. The summed E-state index contributed by atoms with van der Waals surface area (Å²) in [5.41, 5.74) is 9.35. The third kappa shape index (κ3) is 4.34. The molecular weight excluding hydrogens is 426 g/mol. The Labute approximate surface area is 189 Å². The number of fused-ring (bicyclic) bond motifs is 1. The summed E-state index contributed by atoms with van der Waals surface area (Å²) < 4.78 is 1.09. The highest BCUT2D eigenvalue weighted by Gasteiger charge is 2.38. The van der Waals surface area contributed by atoms with Crippen molar-refractivity contribution in [1.29, 1.82) is 0 Å². The van der Waals surface area contributed by atoms with Crippen LogP contribution in [0.1, 0.15) is 48.7 Å². The van der Waals surface area contributed by atoms with Crippen molar-refractivity contribution < 1.29 is 14.4 Å². The number of thiazole rings is 1. The summed E-state index contributed by atoms with van der Waals surface area (Å²) in [6, 6.07) is 7.24. The van der Waals surface area contributed by atoms with E-state index in [0.29, 0.717) is 12.5 Å². The minimum Gasteiger partial charge on any atom is -0.366 e. The van der Waals surface area contributed by atoms with E-state index in [1.165, 1.54) is 18.5 Å². The molecule has 3 heterocycles. The second-order valence-corrected chi connectivity index (χ2v) is 9.10. The number of nitrogens with zero attached hydrogens (tertiary/aromatic N) is 3. The third-order valence-electron chi connectivity index (χ3n) is 6.19. The molecule has 166 valence electrons. The van der Waals surface area contributed by atoms with Gasteiger partial charge in [-0.3, -0.25) is 19.4 Å². The van der Waals surface area contributed by atoms with Crippen molar-refractivity contribution in [2.45, 2.75) is 32.7 Å². The van der Waals surface area contributed by atoms with Crippen LogP contribution in [0, 0.1) is 11.8 Å². The molecule has 3 N–H and O–H groups in total. The van der Waals surface area contributed by atoms with Crippen LogP contribution in [-0.2, 0) is 9.59 Å². The molecule has 0 unspecified atom stereocenters. The molecular formula is C23H25N5O3S. The van der Waals surface area contributed by atoms with Crippen LogP contribution in [0.3, 0.4) is 0 Å². The lowest BCUT2D eigenvalue weighted by Gasteiger charge is -2.43. The summed E-state index contributed by atoms with van der Waals surface area (Å²) in [6.07, 6.45) is 4.47. The molecule has 0 aliphatic carbocycles. The first-order valence-electron chi connectivity index (χ1n) is 10.6. The largest absolute Gasteiger partial charge is 0.366 e. The van der Waals surface area contributed by atoms with Gasteiger partial charge in [0.05, 0.1) is 39.2 Å². The first-order valence-corrected chi connectivity index (χ1v) is 11.4. The lowest BCUT2D eigenvalue weighted by atomic mass is 9.79. The highest BCUT2D eigenvalue weighted by molar-refractivity contribution is 7.16. The molecule has 2 aromatic heterocycles. The standard InChI is InChI=1S/C23H25N5O3S/c1-3-14-8-19(15-4-5-20-18(7-15)26-12-32-20)28(11-13(14)2)23(31)22(30)27-17-6-16(21(24)29)9-25-10-17/h4-7,9-10,12-14,19H,3,8,11H2,1-2H3,(H2,24,29)(H,27,30)/t13-,14+,19-/m0/s1. The Morgan fingerprint density at radius 1 is 1.25 bits per heavy atom. The molecule has 1 aliphatic rings. The maximum Gasteiger partial charge on any atom is 0.313 e. The van der Waals surface area contributed by atoms with E-state index in [-0.39, 0.29) is 23.2 Å². The van der Waals surface area contributed by atoms with Gasteiger partial charge in [0.25, 0.3) is 0 Å². The summed E-state index contributed by atoms with van der Waals surface area (Å²) >= 11 is 1.57. The smallest absolute Gasteiger partial charge is 0.313 e. The van der Waals surface area contributed by atoms with Gasteiger partial charge in [0, 0.05) is 12.7 Å². The molecule has 0 spiro atoms. The zero-order chi connectivity index (χ0) is 22.8. The lowest BCUT2D eigenvalue weighted by Crippen LogP contribution is -2.48. The van der Waals surface area contributed by atoms with Crippen LogP contribution >= 0.6 is 11.3 Å². The number of aromatic nitrogens is 2. The van der Waals surface area contributed by atoms with Gasteiger partial charge >= 0.3 is 11.8 Å². The van der Waals surface area contributed by atoms with Crippen molar-refractivity contribution in [1.82, 2.24) is 14.9 Å². The molecule has 8 nitrogen and oxygen atoms in total. The first-order chi connectivity index (χ1) is 15.4. The van der Waals surface area contributed by atoms with Gasteiger partial charge in [-0.25, -0.2) is 4.98 Å². The molecule has 3 aromatic rings. The third-order valence-corrected chi connectivity index (χ3v) is 7.00. The number of piperidine rings is 1. The molecule has 1 saturated heterocycles. The van der Waals surface area contributed by atoms with Gasteiger partial charge in [0.1, 0.15) is 0 Å². The van der Waals surface area contributed by atoms with Gasteiger partial charge in [0.15, 0.2) is 0 Å². The zero-order valence-corrected chi connectivity index (χ0v) is 18.8. The second kappa shape index (κ2) is 9.04. The SMILES string of the molecule is CC[C@@H]1C[C@@H](c2ccc3scnc3c2)N(C(=O)C(=O)Nc2cncc(C(N)=O)c2)C[C@@H]1C. The van der Waals surface area contributed by atoms with E-state index in [1.807, 2.05) is 18.2 Å². The molecule has 4 rings (SSSR count). The normalized spacial score (nSPS) is 20.8. The Hall–Kier alpha value is -3.33. The second-order valence-electron chi connectivity index (χ2n) is 8.21. The molecule has 3 atom stereocenters.